The fraction of sp³-hybridized carbons (Fsp3) is 0.125. The summed E-state index contributed by atoms with van der Waals surface area (Å²) in [5.74, 6) is 0.785. The van der Waals surface area contributed by atoms with Crippen LogP contribution in [0.2, 0.25) is 0 Å². The van der Waals surface area contributed by atoms with Crippen LogP contribution in [0.5, 0.6) is 5.75 Å². The van der Waals surface area contributed by atoms with Crippen molar-refractivity contribution in [2.75, 3.05) is 0 Å². The third-order valence-electron chi connectivity index (χ3n) is 3.10. The number of para-hydroxylation sites is 1. The molecule has 21 heavy (non-hydrogen) atoms. The zero-order chi connectivity index (χ0) is 14.8. The molecule has 3 rings (SSSR count). The molecule has 1 N–H and O–H groups in total. The lowest BCUT2D eigenvalue weighted by atomic mass is 10.3. The van der Waals surface area contributed by atoms with Gasteiger partial charge < -0.3 is 5.11 Å². The Morgan fingerprint density at radius 3 is 2.86 bits per heavy atom. The Bertz CT molecular complexity index is 858. The second-order valence-corrected chi connectivity index (χ2v) is 5.79. The number of benzene rings is 1. The van der Waals surface area contributed by atoms with Crippen LogP contribution in [0.3, 0.4) is 0 Å². The summed E-state index contributed by atoms with van der Waals surface area (Å²) < 4.78 is 1.55. The van der Waals surface area contributed by atoms with Crippen LogP contribution in [0.1, 0.15) is 11.3 Å². The summed E-state index contributed by atoms with van der Waals surface area (Å²) in [7, 11) is 0. The van der Waals surface area contributed by atoms with Gasteiger partial charge in [0.2, 0.25) is 0 Å². The van der Waals surface area contributed by atoms with Gasteiger partial charge in [0, 0.05) is 22.9 Å². The predicted molar refractivity (Wildman–Crippen MR) is 83.9 cm³/mol. The number of hydrogen-bond acceptors (Lipinski definition) is 4. The topological polar surface area (TPSA) is 54.6 Å². The summed E-state index contributed by atoms with van der Waals surface area (Å²) in [4.78, 5) is 17.4. The van der Waals surface area contributed by atoms with E-state index in [1.165, 1.54) is 11.8 Å². The molecule has 0 bridgehead atoms. The van der Waals surface area contributed by atoms with Gasteiger partial charge in [-0.3, -0.25) is 9.20 Å². The van der Waals surface area contributed by atoms with Gasteiger partial charge in [0.05, 0.1) is 5.69 Å². The van der Waals surface area contributed by atoms with Crippen LogP contribution >= 0.6 is 11.8 Å². The second-order valence-electron chi connectivity index (χ2n) is 4.78. The van der Waals surface area contributed by atoms with Crippen LogP contribution in [0, 0.1) is 6.92 Å². The molecule has 0 spiro atoms. The summed E-state index contributed by atoms with van der Waals surface area (Å²) in [5, 5.41) is 9.74. The first-order valence-electron chi connectivity index (χ1n) is 6.53. The lowest BCUT2D eigenvalue weighted by Crippen LogP contribution is -2.15. The Balaban J connectivity index is 1.90. The molecule has 1 aromatic carbocycles. The SMILES string of the molecule is Cc1ccc2nc(CSc3ccccc3O)cc(=O)n2c1. The quantitative estimate of drug-likeness (QED) is 0.755. The van der Waals surface area contributed by atoms with Crippen molar-refractivity contribution in [1.82, 2.24) is 9.38 Å². The number of fused-ring (bicyclic) bond motifs is 1. The van der Waals surface area contributed by atoms with Crippen molar-refractivity contribution >= 4 is 17.4 Å². The molecule has 0 aliphatic heterocycles. The summed E-state index contributed by atoms with van der Waals surface area (Å²) >= 11 is 1.46. The van der Waals surface area contributed by atoms with Crippen molar-refractivity contribution < 1.29 is 5.11 Å². The van der Waals surface area contributed by atoms with Gasteiger partial charge in [0.1, 0.15) is 11.4 Å². The molecule has 3 aromatic rings. The highest BCUT2D eigenvalue weighted by Gasteiger charge is 2.05. The van der Waals surface area contributed by atoms with Gasteiger partial charge in [-0.2, -0.15) is 0 Å². The number of phenolic OH excluding ortho intramolecular Hbond substituents is 1. The number of rotatable bonds is 3. The maximum atomic E-state index is 12.1. The summed E-state index contributed by atoms with van der Waals surface area (Å²) in [6.45, 7) is 1.94. The number of pyridine rings is 1. The van der Waals surface area contributed by atoms with E-state index in [0.29, 0.717) is 17.1 Å². The molecule has 0 aliphatic rings. The highest BCUT2D eigenvalue weighted by atomic mass is 32.2. The van der Waals surface area contributed by atoms with Crippen molar-refractivity contribution in [1.29, 1.82) is 0 Å². The van der Waals surface area contributed by atoms with E-state index in [4.69, 9.17) is 0 Å². The fourth-order valence-electron chi connectivity index (χ4n) is 2.06. The highest BCUT2D eigenvalue weighted by molar-refractivity contribution is 7.98. The molecule has 0 amide bonds. The summed E-state index contributed by atoms with van der Waals surface area (Å²) in [6.07, 6.45) is 1.78. The van der Waals surface area contributed by atoms with Crippen LogP contribution in [0.4, 0.5) is 0 Å². The van der Waals surface area contributed by atoms with Crippen LogP contribution < -0.4 is 5.56 Å². The minimum absolute atomic E-state index is 0.0865. The summed E-state index contributed by atoms with van der Waals surface area (Å²) in [6, 6.07) is 12.5. The van der Waals surface area contributed by atoms with Gasteiger partial charge in [-0.15, -0.1) is 11.8 Å². The predicted octanol–water partition coefficient (Wildman–Crippen LogP) is 3.00. The van der Waals surface area contributed by atoms with Crippen LogP contribution in [0.15, 0.2) is 58.4 Å². The zero-order valence-corrected chi connectivity index (χ0v) is 12.3. The van der Waals surface area contributed by atoms with Crippen molar-refractivity contribution in [2.45, 2.75) is 17.6 Å². The maximum absolute atomic E-state index is 12.1. The molecule has 5 heteroatoms. The van der Waals surface area contributed by atoms with E-state index in [9.17, 15) is 9.90 Å². The monoisotopic (exact) mass is 298 g/mol. The van der Waals surface area contributed by atoms with Gasteiger partial charge in [-0.1, -0.05) is 18.2 Å². The first-order chi connectivity index (χ1) is 10.1. The molecule has 0 saturated heterocycles. The van der Waals surface area contributed by atoms with E-state index in [0.717, 1.165) is 10.5 Å². The molecule has 2 aromatic heterocycles. The first-order valence-corrected chi connectivity index (χ1v) is 7.52. The number of phenols is 1. The molecule has 0 aliphatic carbocycles. The molecular formula is C16H14N2O2S. The number of aryl methyl sites for hydroxylation is 1. The second kappa shape index (κ2) is 5.61. The normalized spacial score (nSPS) is 10.9. The van der Waals surface area contributed by atoms with E-state index in [-0.39, 0.29) is 11.3 Å². The van der Waals surface area contributed by atoms with Crippen LogP contribution in [-0.2, 0) is 5.75 Å². The molecular weight excluding hydrogens is 284 g/mol. The molecule has 106 valence electrons. The fourth-order valence-corrected chi connectivity index (χ4v) is 2.91. The Labute approximate surface area is 126 Å². The Hall–Kier alpha value is -2.27. The Kier molecular flexibility index (Phi) is 3.66. The molecule has 0 unspecified atom stereocenters. The third kappa shape index (κ3) is 2.92. The number of aromatic nitrogens is 2. The van der Waals surface area contributed by atoms with E-state index < -0.39 is 0 Å². The van der Waals surface area contributed by atoms with Gasteiger partial charge in [0.15, 0.2) is 0 Å². The first kappa shape index (κ1) is 13.7. The molecule has 0 saturated carbocycles. The van der Waals surface area contributed by atoms with E-state index >= 15 is 0 Å². The highest BCUT2D eigenvalue weighted by Crippen LogP contribution is 2.29. The summed E-state index contributed by atoms with van der Waals surface area (Å²) in [5.41, 5.74) is 2.28. The largest absolute Gasteiger partial charge is 0.507 e. The lowest BCUT2D eigenvalue weighted by molar-refractivity contribution is 0.462. The number of aromatic hydroxyl groups is 1. The van der Waals surface area contributed by atoms with Crippen LogP contribution in [0.25, 0.3) is 5.65 Å². The minimum Gasteiger partial charge on any atom is -0.507 e. The van der Waals surface area contributed by atoms with Crippen molar-refractivity contribution in [3.63, 3.8) is 0 Å². The maximum Gasteiger partial charge on any atom is 0.258 e. The van der Waals surface area contributed by atoms with Crippen LogP contribution in [-0.4, -0.2) is 14.5 Å². The molecule has 0 atom stereocenters. The Morgan fingerprint density at radius 2 is 2.05 bits per heavy atom. The molecule has 2 heterocycles. The van der Waals surface area contributed by atoms with E-state index in [1.807, 2.05) is 31.2 Å². The third-order valence-corrected chi connectivity index (χ3v) is 4.20. The average molecular weight is 298 g/mol. The molecule has 0 fully saturated rings. The van der Waals surface area contributed by atoms with Crippen molar-refractivity contribution in [3.05, 3.63) is 70.3 Å². The number of hydrogen-bond donors (Lipinski definition) is 1. The van der Waals surface area contributed by atoms with Crippen molar-refractivity contribution in [2.24, 2.45) is 0 Å². The standard InChI is InChI=1S/C16H14N2O2S/c1-11-6-7-15-17-12(8-16(20)18(15)9-11)10-21-14-5-3-2-4-13(14)19/h2-9,19H,10H2,1H3. The van der Waals surface area contributed by atoms with Gasteiger partial charge >= 0.3 is 0 Å². The number of nitrogens with zero attached hydrogens (tertiary/aromatic N) is 2. The van der Waals surface area contributed by atoms with E-state index in [1.54, 1.807) is 28.8 Å². The average Bonchev–Trinajstić information content (AvgIpc) is 2.47. The van der Waals surface area contributed by atoms with Gasteiger partial charge in [-0.05, 0) is 30.7 Å². The van der Waals surface area contributed by atoms with Gasteiger partial charge in [0.25, 0.3) is 5.56 Å². The minimum atomic E-state index is -0.0865. The Morgan fingerprint density at radius 1 is 1.24 bits per heavy atom. The van der Waals surface area contributed by atoms with Crippen molar-refractivity contribution in [3.8, 4) is 5.75 Å². The molecule has 0 radical (unpaired) electrons. The zero-order valence-electron chi connectivity index (χ0n) is 11.5. The molecule has 4 nitrogen and oxygen atoms in total. The number of thioether (sulfide) groups is 1. The smallest absolute Gasteiger partial charge is 0.258 e. The van der Waals surface area contributed by atoms with Gasteiger partial charge in [-0.25, -0.2) is 4.98 Å². The van der Waals surface area contributed by atoms with E-state index in [2.05, 4.69) is 4.98 Å². The lowest BCUT2D eigenvalue weighted by Gasteiger charge is -2.06.